The predicted octanol–water partition coefficient (Wildman–Crippen LogP) is 3.55. The third kappa shape index (κ3) is 1.73. The molecule has 0 heterocycles. The Bertz CT molecular complexity index is 498. The topological polar surface area (TPSA) is 3.24 Å². The van der Waals surface area contributed by atoms with Crippen LogP contribution in [0.2, 0.25) is 0 Å². The molecule has 0 saturated heterocycles. The van der Waals surface area contributed by atoms with E-state index in [-0.39, 0.29) is 0 Å². The van der Waals surface area contributed by atoms with Gasteiger partial charge in [-0.05, 0) is 28.5 Å². The van der Waals surface area contributed by atoms with Gasteiger partial charge in [0.25, 0.3) is 0 Å². The molecular weight excluding hydrogens is 182 g/mol. The van der Waals surface area contributed by atoms with Crippen LogP contribution in [-0.4, -0.2) is 14.1 Å². The Morgan fingerprint density at radius 1 is 1.13 bits per heavy atom. The van der Waals surface area contributed by atoms with Crippen LogP contribution in [0.15, 0.2) is 43.0 Å². The lowest BCUT2D eigenvalue weighted by Crippen LogP contribution is -2.08. The lowest BCUT2D eigenvalue weighted by atomic mass is 10.0. The van der Waals surface area contributed by atoms with E-state index in [1.54, 1.807) is 0 Å². The van der Waals surface area contributed by atoms with Crippen molar-refractivity contribution in [2.45, 2.75) is 0 Å². The summed E-state index contributed by atoms with van der Waals surface area (Å²) < 4.78 is 0. The molecule has 0 aromatic heterocycles. The second-order valence-electron chi connectivity index (χ2n) is 3.85. The Hall–Kier alpha value is -1.76. The van der Waals surface area contributed by atoms with E-state index in [2.05, 4.69) is 62.0 Å². The zero-order chi connectivity index (χ0) is 10.8. The van der Waals surface area contributed by atoms with Crippen LogP contribution in [0.5, 0.6) is 0 Å². The molecule has 0 unspecified atom stereocenters. The Morgan fingerprint density at radius 3 is 2.60 bits per heavy atom. The van der Waals surface area contributed by atoms with Crippen molar-refractivity contribution in [1.82, 2.24) is 0 Å². The largest absolute Gasteiger partial charge is 0.378 e. The molecule has 0 spiro atoms. The summed E-state index contributed by atoms with van der Waals surface area (Å²) >= 11 is 0. The zero-order valence-electron chi connectivity index (χ0n) is 9.20. The summed E-state index contributed by atoms with van der Waals surface area (Å²) in [6.45, 7) is 3.83. The molecule has 2 rings (SSSR count). The average Bonchev–Trinajstić information content (AvgIpc) is 2.27. The lowest BCUT2D eigenvalue weighted by Gasteiger charge is -2.13. The van der Waals surface area contributed by atoms with Gasteiger partial charge in [-0.2, -0.15) is 0 Å². The van der Waals surface area contributed by atoms with Crippen molar-refractivity contribution in [2.24, 2.45) is 0 Å². The summed E-state index contributed by atoms with van der Waals surface area (Å²) in [5.74, 6) is 0. The minimum absolute atomic E-state index is 1.19. The molecule has 15 heavy (non-hydrogen) atoms. The standard InChI is InChI=1S/C14H15N/c1-4-11-6-5-7-12-10-13(15(2)3)8-9-14(11)12/h4-10H,1H2,2-3H3. The summed E-state index contributed by atoms with van der Waals surface area (Å²) in [5, 5.41) is 2.52. The van der Waals surface area contributed by atoms with Gasteiger partial charge in [-0.3, -0.25) is 0 Å². The molecule has 0 saturated carbocycles. The van der Waals surface area contributed by atoms with Crippen molar-refractivity contribution in [3.05, 3.63) is 48.5 Å². The van der Waals surface area contributed by atoms with Gasteiger partial charge in [-0.15, -0.1) is 0 Å². The summed E-state index contributed by atoms with van der Waals surface area (Å²) in [5.41, 5.74) is 2.42. The van der Waals surface area contributed by atoms with Crippen molar-refractivity contribution < 1.29 is 0 Å². The molecule has 2 aromatic rings. The highest BCUT2D eigenvalue weighted by Crippen LogP contribution is 2.24. The van der Waals surface area contributed by atoms with Gasteiger partial charge in [-0.25, -0.2) is 0 Å². The van der Waals surface area contributed by atoms with Crippen LogP contribution in [0.3, 0.4) is 0 Å². The van der Waals surface area contributed by atoms with Gasteiger partial charge < -0.3 is 4.90 Å². The summed E-state index contributed by atoms with van der Waals surface area (Å²) in [7, 11) is 4.11. The number of hydrogen-bond donors (Lipinski definition) is 0. The van der Waals surface area contributed by atoms with Crippen LogP contribution in [0.25, 0.3) is 16.8 Å². The Morgan fingerprint density at radius 2 is 1.93 bits per heavy atom. The maximum atomic E-state index is 3.83. The SMILES string of the molecule is C=Cc1cccc2cc(N(C)C)ccc12. The second kappa shape index (κ2) is 3.77. The van der Waals surface area contributed by atoms with Gasteiger partial charge in [0.15, 0.2) is 0 Å². The third-order valence-corrected chi connectivity index (χ3v) is 2.63. The molecule has 1 heteroatoms. The smallest absolute Gasteiger partial charge is 0.0367 e. The van der Waals surface area contributed by atoms with Crippen molar-refractivity contribution in [3.63, 3.8) is 0 Å². The van der Waals surface area contributed by atoms with Gasteiger partial charge in [0.1, 0.15) is 0 Å². The Labute approximate surface area is 90.6 Å². The predicted molar refractivity (Wildman–Crippen MR) is 68.4 cm³/mol. The van der Waals surface area contributed by atoms with Crippen LogP contribution in [0, 0.1) is 0 Å². The molecule has 0 fully saturated rings. The molecule has 76 valence electrons. The number of anilines is 1. The second-order valence-corrected chi connectivity index (χ2v) is 3.85. The van der Waals surface area contributed by atoms with Crippen molar-refractivity contribution in [1.29, 1.82) is 0 Å². The van der Waals surface area contributed by atoms with Crippen LogP contribution < -0.4 is 4.90 Å². The highest BCUT2D eigenvalue weighted by molar-refractivity contribution is 5.92. The molecule has 0 amide bonds. The van der Waals surface area contributed by atoms with E-state index in [4.69, 9.17) is 0 Å². The molecule has 0 aliphatic heterocycles. The molecular formula is C14H15N. The minimum atomic E-state index is 1.19. The normalized spacial score (nSPS) is 10.3. The quantitative estimate of drug-likeness (QED) is 0.711. The number of fused-ring (bicyclic) bond motifs is 1. The summed E-state index contributed by atoms with van der Waals surface area (Å²) in [6, 6.07) is 12.8. The lowest BCUT2D eigenvalue weighted by molar-refractivity contribution is 1.14. The fourth-order valence-corrected chi connectivity index (χ4v) is 1.75. The summed E-state index contributed by atoms with van der Waals surface area (Å²) in [4.78, 5) is 2.11. The molecule has 1 nitrogen and oxygen atoms in total. The fourth-order valence-electron chi connectivity index (χ4n) is 1.75. The van der Waals surface area contributed by atoms with Gasteiger partial charge in [0.2, 0.25) is 0 Å². The Balaban J connectivity index is 2.69. The van der Waals surface area contributed by atoms with E-state index in [0.717, 1.165) is 0 Å². The molecule has 0 bridgehead atoms. The summed E-state index contributed by atoms with van der Waals surface area (Å²) in [6.07, 6.45) is 1.90. The number of hydrogen-bond acceptors (Lipinski definition) is 1. The first kappa shape index (κ1) is 9.78. The van der Waals surface area contributed by atoms with E-state index in [9.17, 15) is 0 Å². The van der Waals surface area contributed by atoms with Crippen LogP contribution in [-0.2, 0) is 0 Å². The number of benzene rings is 2. The zero-order valence-corrected chi connectivity index (χ0v) is 9.20. The van der Waals surface area contributed by atoms with E-state index >= 15 is 0 Å². The first-order valence-corrected chi connectivity index (χ1v) is 5.05. The van der Waals surface area contributed by atoms with Gasteiger partial charge in [-0.1, -0.05) is 36.9 Å². The molecule has 0 N–H and O–H groups in total. The van der Waals surface area contributed by atoms with Crippen LogP contribution in [0.1, 0.15) is 5.56 Å². The molecule has 0 aliphatic rings. The van der Waals surface area contributed by atoms with Gasteiger partial charge in [0.05, 0.1) is 0 Å². The number of nitrogens with zero attached hydrogens (tertiary/aromatic N) is 1. The van der Waals surface area contributed by atoms with Crippen molar-refractivity contribution >= 4 is 22.5 Å². The Kier molecular flexibility index (Phi) is 2.46. The van der Waals surface area contributed by atoms with Crippen molar-refractivity contribution in [3.8, 4) is 0 Å². The molecule has 0 aliphatic carbocycles. The molecule has 2 aromatic carbocycles. The fraction of sp³-hybridized carbons (Fsp3) is 0.143. The van der Waals surface area contributed by atoms with Gasteiger partial charge in [0, 0.05) is 19.8 Å². The van der Waals surface area contributed by atoms with Crippen LogP contribution >= 0.6 is 0 Å². The third-order valence-electron chi connectivity index (χ3n) is 2.63. The van der Waals surface area contributed by atoms with Crippen LogP contribution in [0.4, 0.5) is 5.69 Å². The maximum absolute atomic E-state index is 3.83. The van der Waals surface area contributed by atoms with Gasteiger partial charge >= 0.3 is 0 Å². The van der Waals surface area contributed by atoms with E-state index in [1.165, 1.54) is 22.0 Å². The minimum Gasteiger partial charge on any atom is -0.378 e. The first-order valence-electron chi connectivity index (χ1n) is 5.05. The van der Waals surface area contributed by atoms with E-state index in [0.29, 0.717) is 0 Å². The van der Waals surface area contributed by atoms with E-state index < -0.39 is 0 Å². The highest BCUT2D eigenvalue weighted by atomic mass is 15.1. The van der Waals surface area contributed by atoms with Crippen molar-refractivity contribution in [2.75, 3.05) is 19.0 Å². The number of rotatable bonds is 2. The van der Waals surface area contributed by atoms with E-state index in [1.807, 2.05) is 6.08 Å². The monoisotopic (exact) mass is 197 g/mol. The molecule has 0 radical (unpaired) electrons. The molecule has 0 atom stereocenters. The highest BCUT2D eigenvalue weighted by Gasteiger charge is 2.00. The first-order chi connectivity index (χ1) is 7.22. The maximum Gasteiger partial charge on any atom is 0.0367 e. The average molecular weight is 197 g/mol.